The van der Waals surface area contributed by atoms with Gasteiger partial charge in [0.25, 0.3) is 0 Å². The van der Waals surface area contributed by atoms with E-state index in [4.69, 9.17) is 11.6 Å². The van der Waals surface area contributed by atoms with Gasteiger partial charge in [-0.3, -0.25) is 0 Å². The summed E-state index contributed by atoms with van der Waals surface area (Å²) in [7, 11) is -6.74. The van der Waals surface area contributed by atoms with Crippen LogP contribution in [0.5, 0.6) is 0 Å². The predicted octanol–water partition coefficient (Wildman–Crippen LogP) is 0.448. The van der Waals surface area contributed by atoms with Crippen LogP contribution in [0.15, 0.2) is 23.2 Å². The fourth-order valence-electron chi connectivity index (χ4n) is 1.15. The highest BCUT2D eigenvalue weighted by atomic mass is 35.5. The first-order valence-corrected chi connectivity index (χ1v) is 8.92. The molecule has 0 fully saturated rings. The molecule has 1 heterocycles. The molecule has 9 heteroatoms. The van der Waals surface area contributed by atoms with E-state index in [-0.39, 0.29) is 28.8 Å². The number of nitrogens with zero attached hydrogens (tertiary/aromatic N) is 1. The highest BCUT2D eigenvalue weighted by molar-refractivity contribution is 7.90. The van der Waals surface area contributed by atoms with E-state index in [2.05, 4.69) is 9.71 Å². The van der Waals surface area contributed by atoms with E-state index >= 15 is 0 Å². The van der Waals surface area contributed by atoms with Gasteiger partial charge in [-0.2, -0.15) is 0 Å². The highest BCUT2D eigenvalue weighted by Crippen LogP contribution is 2.10. The lowest BCUT2D eigenvalue weighted by atomic mass is 10.5. The molecule has 1 aromatic heterocycles. The van der Waals surface area contributed by atoms with E-state index in [1.165, 1.54) is 12.1 Å². The number of sulfonamides is 1. The zero-order valence-corrected chi connectivity index (χ0v) is 12.0. The van der Waals surface area contributed by atoms with Crippen LogP contribution in [0.1, 0.15) is 6.42 Å². The maximum atomic E-state index is 11.7. The van der Waals surface area contributed by atoms with Crippen LogP contribution < -0.4 is 4.72 Å². The number of nitrogens with one attached hydrogen (secondary N) is 1. The van der Waals surface area contributed by atoms with Crippen LogP contribution in [0.4, 0.5) is 0 Å². The van der Waals surface area contributed by atoms with Crippen molar-refractivity contribution in [1.82, 2.24) is 9.71 Å². The zero-order chi connectivity index (χ0) is 13.8. The summed E-state index contributed by atoms with van der Waals surface area (Å²) >= 11 is 5.55. The fraction of sp³-hybridized carbons (Fsp3) is 0.444. The molecule has 0 unspecified atom stereocenters. The van der Waals surface area contributed by atoms with Crippen molar-refractivity contribution in [2.24, 2.45) is 0 Å². The van der Waals surface area contributed by atoms with Crippen molar-refractivity contribution in [1.29, 1.82) is 0 Å². The van der Waals surface area contributed by atoms with Gasteiger partial charge >= 0.3 is 0 Å². The molecule has 0 saturated carbocycles. The van der Waals surface area contributed by atoms with E-state index < -0.39 is 19.9 Å². The maximum Gasteiger partial charge on any atom is 0.242 e. The summed E-state index contributed by atoms with van der Waals surface area (Å²) in [6.45, 7) is 0.0536. The molecule has 0 radical (unpaired) electrons. The van der Waals surface area contributed by atoms with Crippen LogP contribution in [0.3, 0.4) is 0 Å². The minimum absolute atomic E-state index is 0.00810. The van der Waals surface area contributed by atoms with E-state index in [1.807, 2.05) is 0 Å². The van der Waals surface area contributed by atoms with Crippen molar-refractivity contribution < 1.29 is 16.8 Å². The fourth-order valence-corrected chi connectivity index (χ4v) is 2.94. The Kier molecular flexibility index (Phi) is 5.09. The third-order valence-electron chi connectivity index (χ3n) is 1.99. The first-order chi connectivity index (χ1) is 8.21. The molecule has 1 rings (SSSR count). The molecular weight excluding hydrogens is 300 g/mol. The van der Waals surface area contributed by atoms with Gasteiger partial charge in [0.1, 0.15) is 19.9 Å². The Bertz CT molecular complexity index is 596. The molecule has 102 valence electrons. The topological polar surface area (TPSA) is 93.2 Å². The van der Waals surface area contributed by atoms with Gasteiger partial charge in [-0.1, -0.05) is 11.6 Å². The zero-order valence-electron chi connectivity index (χ0n) is 9.63. The Morgan fingerprint density at radius 3 is 2.44 bits per heavy atom. The van der Waals surface area contributed by atoms with Crippen molar-refractivity contribution in [2.75, 3.05) is 18.6 Å². The van der Waals surface area contributed by atoms with Crippen molar-refractivity contribution >= 4 is 31.5 Å². The molecule has 0 spiro atoms. The minimum atomic E-state index is -3.66. The van der Waals surface area contributed by atoms with Gasteiger partial charge in [-0.25, -0.2) is 26.5 Å². The molecule has 6 nitrogen and oxygen atoms in total. The minimum Gasteiger partial charge on any atom is -0.243 e. The predicted molar refractivity (Wildman–Crippen MR) is 68.8 cm³/mol. The Morgan fingerprint density at radius 2 is 1.94 bits per heavy atom. The number of pyridine rings is 1. The number of sulfone groups is 1. The average molecular weight is 313 g/mol. The second-order valence-corrected chi connectivity index (χ2v) is 8.11. The summed E-state index contributed by atoms with van der Waals surface area (Å²) in [6, 6.07) is 2.70. The summed E-state index contributed by atoms with van der Waals surface area (Å²) in [6.07, 6.45) is 2.46. The third kappa shape index (κ3) is 5.30. The van der Waals surface area contributed by atoms with E-state index in [1.54, 1.807) is 0 Å². The number of aromatic nitrogens is 1. The molecule has 0 saturated heterocycles. The summed E-state index contributed by atoms with van der Waals surface area (Å²) < 4.78 is 47.5. The van der Waals surface area contributed by atoms with Gasteiger partial charge in [-0.15, -0.1) is 0 Å². The molecule has 0 amide bonds. The quantitative estimate of drug-likeness (QED) is 0.608. The second kappa shape index (κ2) is 5.96. The van der Waals surface area contributed by atoms with Gasteiger partial charge in [0.05, 0.1) is 5.75 Å². The first kappa shape index (κ1) is 15.4. The lowest BCUT2D eigenvalue weighted by Gasteiger charge is -2.05. The van der Waals surface area contributed by atoms with Gasteiger partial charge in [0.2, 0.25) is 10.0 Å². The van der Waals surface area contributed by atoms with Gasteiger partial charge in [0, 0.05) is 19.0 Å². The van der Waals surface area contributed by atoms with Gasteiger partial charge in [0.15, 0.2) is 0 Å². The molecule has 0 aliphatic rings. The van der Waals surface area contributed by atoms with Crippen LogP contribution in [0.25, 0.3) is 0 Å². The highest BCUT2D eigenvalue weighted by Gasteiger charge is 2.14. The molecule has 1 N–H and O–H groups in total. The molecule has 0 aromatic carbocycles. The summed E-state index contributed by atoms with van der Waals surface area (Å²) in [5.74, 6) is -0.0611. The lowest BCUT2D eigenvalue weighted by molar-refractivity contribution is 0.577. The summed E-state index contributed by atoms with van der Waals surface area (Å²) in [5, 5.41) is 0.200. The molecule has 1 aromatic rings. The van der Waals surface area contributed by atoms with Crippen molar-refractivity contribution in [2.45, 2.75) is 11.3 Å². The number of hydrogen-bond donors (Lipinski definition) is 1. The first-order valence-electron chi connectivity index (χ1n) is 5.00. The van der Waals surface area contributed by atoms with E-state index in [0.29, 0.717) is 0 Å². The summed E-state index contributed by atoms with van der Waals surface area (Å²) in [5.41, 5.74) is 0. The van der Waals surface area contributed by atoms with E-state index in [0.717, 1.165) is 12.5 Å². The molecule has 0 atom stereocenters. The van der Waals surface area contributed by atoms with Crippen molar-refractivity contribution in [3.8, 4) is 0 Å². The van der Waals surface area contributed by atoms with Gasteiger partial charge in [-0.05, 0) is 18.6 Å². The van der Waals surface area contributed by atoms with Gasteiger partial charge < -0.3 is 0 Å². The number of halogens is 1. The molecule has 0 aliphatic heterocycles. The van der Waals surface area contributed by atoms with Crippen molar-refractivity contribution in [3.05, 3.63) is 23.5 Å². The average Bonchev–Trinajstić information content (AvgIpc) is 2.24. The normalized spacial score (nSPS) is 12.6. The number of rotatable bonds is 6. The Morgan fingerprint density at radius 1 is 1.28 bits per heavy atom. The van der Waals surface area contributed by atoms with E-state index in [9.17, 15) is 16.8 Å². The number of hydrogen-bond acceptors (Lipinski definition) is 5. The molecule has 0 bridgehead atoms. The van der Waals surface area contributed by atoms with Crippen molar-refractivity contribution in [3.63, 3.8) is 0 Å². The molecular formula is C9H13ClN2O4S2. The molecule has 0 aliphatic carbocycles. The van der Waals surface area contributed by atoms with Crippen LogP contribution >= 0.6 is 11.6 Å². The Balaban J connectivity index is 2.58. The third-order valence-corrected chi connectivity index (χ3v) is 4.69. The smallest absolute Gasteiger partial charge is 0.242 e. The maximum absolute atomic E-state index is 11.7. The second-order valence-electron chi connectivity index (χ2n) is 3.70. The standard InChI is InChI=1S/C9H13ClN2O4S2/c1-17(13,14)6-2-5-12-18(15,16)8-3-4-9(10)11-7-8/h3-4,7,12H,2,5-6H2,1H3. The Hall–Kier alpha value is -0.700. The summed E-state index contributed by atoms with van der Waals surface area (Å²) in [4.78, 5) is 3.66. The SMILES string of the molecule is CS(=O)(=O)CCCNS(=O)(=O)c1ccc(Cl)nc1. The molecule has 18 heavy (non-hydrogen) atoms. The lowest BCUT2D eigenvalue weighted by Crippen LogP contribution is -2.26. The van der Waals surface area contributed by atoms with Crippen LogP contribution in [0.2, 0.25) is 5.15 Å². The largest absolute Gasteiger partial charge is 0.243 e. The van der Waals surface area contributed by atoms with Crippen LogP contribution in [-0.2, 0) is 19.9 Å². The van der Waals surface area contributed by atoms with Crippen LogP contribution in [-0.4, -0.2) is 40.4 Å². The monoisotopic (exact) mass is 312 g/mol. The van der Waals surface area contributed by atoms with Crippen LogP contribution in [0, 0.1) is 0 Å². The Labute approximate surface area is 111 Å².